The van der Waals surface area contributed by atoms with Crippen molar-refractivity contribution in [2.24, 2.45) is 0 Å². The standard InChI is InChI=1S/C21H16S/c1-2-15-7-9-16(10-8-15)13-17-11-12-21-19(14-17)18-5-3-4-6-20(18)22-21/h2-12,14H,1,13H2. The van der Waals surface area contributed by atoms with Gasteiger partial charge in [0.1, 0.15) is 0 Å². The number of hydrogen-bond acceptors (Lipinski definition) is 1. The third kappa shape index (κ3) is 2.34. The van der Waals surface area contributed by atoms with Crippen molar-refractivity contribution < 1.29 is 0 Å². The van der Waals surface area contributed by atoms with Crippen LogP contribution in [0.1, 0.15) is 16.7 Å². The van der Waals surface area contributed by atoms with Crippen molar-refractivity contribution in [3.8, 4) is 0 Å². The number of hydrogen-bond donors (Lipinski definition) is 0. The van der Waals surface area contributed by atoms with Crippen LogP contribution in [0.3, 0.4) is 0 Å². The Morgan fingerprint density at radius 1 is 0.773 bits per heavy atom. The van der Waals surface area contributed by atoms with Crippen LogP contribution in [0, 0.1) is 0 Å². The fourth-order valence-electron chi connectivity index (χ4n) is 2.89. The van der Waals surface area contributed by atoms with E-state index in [-0.39, 0.29) is 0 Å². The van der Waals surface area contributed by atoms with Gasteiger partial charge in [0, 0.05) is 20.2 Å². The summed E-state index contributed by atoms with van der Waals surface area (Å²) in [6.07, 6.45) is 2.85. The Morgan fingerprint density at radius 3 is 2.32 bits per heavy atom. The second kappa shape index (κ2) is 5.43. The molecule has 0 aliphatic carbocycles. The van der Waals surface area contributed by atoms with E-state index in [0.717, 1.165) is 6.42 Å². The highest BCUT2D eigenvalue weighted by atomic mass is 32.1. The van der Waals surface area contributed by atoms with Crippen LogP contribution in [0.4, 0.5) is 0 Å². The van der Waals surface area contributed by atoms with Crippen molar-refractivity contribution >= 4 is 37.6 Å². The molecule has 1 aromatic heterocycles. The van der Waals surface area contributed by atoms with E-state index in [2.05, 4.69) is 73.3 Å². The smallest absolute Gasteiger partial charge is 0.0355 e. The van der Waals surface area contributed by atoms with Crippen molar-refractivity contribution in [1.82, 2.24) is 0 Å². The molecule has 0 saturated carbocycles. The number of thiophene rings is 1. The van der Waals surface area contributed by atoms with E-state index in [4.69, 9.17) is 0 Å². The Morgan fingerprint density at radius 2 is 1.50 bits per heavy atom. The van der Waals surface area contributed by atoms with Gasteiger partial charge in [0.2, 0.25) is 0 Å². The molecule has 0 nitrogen and oxygen atoms in total. The molecule has 1 heteroatoms. The predicted molar refractivity (Wildman–Crippen MR) is 98.7 cm³/mol. The molecule has 0 amide bonds. The number of benzene rings is 3. The lowest BCUT2D eigenvalue weighted by atomic mass is 10.0. The molecule has 0 saturated heterocycles. The molecule has 106 valence electrons. The lowest BCUT2D eigenvalue weighted by Gasteiger charge is -2.03. The highest BCUT2D eigenvalue weighted by Gasteiger charge is 2.05. The van der Waals surface area contributed by atoms with Crippen LogP contribution in [0.5, 0.6) is 0 Å². The van der Waals surface area contributed by atoms with Crippen LogP contribution in [0.25, 0.3) is 26.2 Å². The largest absolute Gasteiger partial charge is 0.135 e. The number of rotatable bonds is 3. The zero-order chi connectivity index (χ0) is 14.9. The summed E-state index contributed by atoms with van der Waals surface area (Å²) in [6.45, 7) is 3.80. The van der Waals surface area contributed by atoms with E-state index in [0.29, 0.717) is 0 Å². The molecule has 0 N–H and O–H groups in total. The monoisotopic (exact) mass is 300 g/mol. The minimum Gasteiger partial charge on any atom is -0.135 e. The van der Waals surface area contributed by atoms with E-state index >= 15 is 0 Å². The maximum Gasteiger partial charge on any atom is 0.0355 e. The van der Waals surface area contributed by atoms with Crippen molar-refractivity contribution in [1.29, 1.82) is 0 Å². The predicted octanol–water partition coefficient (Wildman–Crippen LogP) is 6.29. The van der Waals surface area contributed by atoms with Gasteiger partial charge >= 0.3 is 0 Å². The summed E-state index contributed by atoms with van der Waals surface area (Å²) in [4.78, 5) is 0. The van der Waals surface area contributed by atoms with Gasteiger partial charge in [0.25, 0.3) is 0 Å². The molecule has 0 bridgehead atoms. The van der Waals surface area contributed by atoms with Crippen LogP contribution in [0.15, 0.2) is 73.3 Å². The van der Waals surface area contributed by atoms with Crippen LogP contribution < -0.4 is 0 Å². The highest BCUT2D eigenvalue weighted by Crippen LogP contribution is 2.34. The Kier molecular flexibility index (Phi) is 3.28. The summed E-state index contributed by atoms with van der Waals surface area (Å²) in [6, 6.07) is 24.1. The molecule has 1 heterocycles. The van der Waals surface area contributed by atoms with Gasteiger partial charge in [-0.25, -0.2) is 0 Å². The van der Waals surface area contributed by atoms with Gasteiger partial charge in [-0.2, -0.15) is 0 Å². The van der Waals surface area contributed by atoms with E-state index in [9.17, 15) is 0 Å². The zero-order valence-electron chi connectivity index (χ0n) is 12.3. The molecule has 0 aliphatic rings. The molecule has 4 aromatic rings. The quantitative estimate of drug-likeness (QED) is 0.417. The summed E-state index contributed by atoms with van der Waals surface area (Å²) < 4.78 is 2.73. The molecule has 0 radical (unpaired) electrons. The van der Waals surface area contributed by atoms with Crippen LogP contribution in [-0.2, 0) is 6.42 Å². The third-order valence-corrected chi connectivity index (χ3v) is 5.22. The summed E-state index contributed by atoms with van der Waals surface area (Å²) >= 11 is 1.87. The van der Waals surface area contributed by atoms with Crippen LogP contribution in [-0.4, -0.2) is 0 Å². The molecule has 0 unspecified atom stereocenters. The number of fused-ring (bicyclic) bond motifs is 3. The van der Waals surface area contributed by atoms with Crippen LogP contribution >= 0.6 is 11.3 Å². The van der Waals surface area contributed by atoms with Gasteiger partial charge in [-0.1, -0.05) is 61.2 Å². The minimum absolute atomic E-state index is 0.970. The van der Waals surface area contributed by atoms with E-state index in [1.165, 1.54) is 36.9 Å². The van der Waals surface area contributed by atoms with Crippen molar-refractivity contribution in [3.63, 3.8) is 0 Å². The van der Waals surface area contributed by atoms with Gasteiger partial charge in [0.05, 0.1) is 0 Å². The van der Waals surface area contributed by atoms with Gasteiger partial charge in [-0.3, -0.25) is 0 Å². The maximum atomic E-state index is 3.80. The second-order valence-corrected chi connectivity index (χ2v) is 6.63. The summed E-state index contributed by atoms with van der Waals surface area (Å²) in [7, 11) is 0. The SMILES string of the molecule is C=Cc1ccc(Cc2ccc3sc4ccccc4c3c2)cc1. The van der Waals surface area contributed by atoms with E-state index in [1.807, 2.05) is 17.4 Å². The fourth-order valence-corrected chi connectivity index (χ4v) is 3.98. The maximum absolute atomic E-state index is 3.80. The molecule has 0 spiro atoms. The summed E-state index contributed by atoms with van der Waals surface area (Å²) in [5.74, 6) is 0. The Labute approximate surface area is 134 Å². The molecular formula is C21H16S. The summed E-state index contributed by atoms with van der Waals surface area (Å²) in [5.41, 5.74) is 3.87. The van der Waals surface area contributed by atoms with Crippen molar-refractivity contribution in [2.75, 3.05) is 0 Å². The normalized spacial score (nSPS) is 11.1. The first-order valence-corrected chi connectivity index (χ1v) is 8.27. The molecule has 0 fully saturated rings. The fraction of sp³-hybridized carbons (Fsp3) is 0.0476. The molecule has 3 aromatic carbocycles. The van der Waals surface area contributed by atoms with Gasteiger partial charge < -0.3 is 0 Å². The van der Waals surface area contributed by atoms with Gasteiger partial charge in [-0.05, 0) is 41.3 Å². The Hall–Kier alpha value is -2.38. The van der Waals surface area contributed by atoms with Gasteiger partial charge in [0.15, 0.2) is 0 Å². The average Bonchev–Trinajstić information content (AvgIpc) is 2.94. The molecular weight excluding hydrogens is 284 g/mol. The zero-order valence-corrected chi connectivity index (χ0v) is 13.1. The second-order valence-electron chi connectivity index (χ2n) is 5.55. The Balaban J connectivity index is 1.74. The van der Waals surface area contributed by atoms with Crippen molar-refractivity contribution in [3.05, 3.63) is 90.0 Å². The Bertz CT molecular complexity index is 958. The lowest BCUT2D eigenvalue weighted by molar-refractivity contribution is 1.20. The molecule has 0 aliphatic heterocycles. The minimum atomic E-state index is 0.970. The first kappa shape index (κ1) is 13.3. The van der Waals surface area contributed by atoms with Gasteiger partial charge in [-0.15, -0.1) is 11.3 Å². The lowest BCUT2D eigenvalue weighted by Crippen LogP contribution is -1.87. The highest BCUT2D eigenvalue weighted by molar-refractivity contribution is 7.25. The third-order valence-electron chi connectivity index (χ3n) is 4.06. The average molecular weight is 300 g/mol. The topological polar surface area (TPSA) is 0 Å². The first-order chi connectivity index (χ1) is 10.8. The van der Waals surface area contributed by atoms with E-state index in [1.54, 1.807) is 0 Å². The molecule has 4 rings (SSSR count). The molecule has 22 heavy (non-hydrogen) atoms. The van der Waals surface area contributed by atoms with Crippen molar-refractivity contribution in [2.45, 2.75) is 6.42 Å². The molecule has 0 atom stereocenters. The summed E-state index contributed by atoms with van der Waals surface area (Å²) in [5, 5.41) is 2.74. The van der Waals surface area contributed by atoms with E-state index < -0.39 is 0 Å². The first-order valence-electron chi connectivity index (χ1n) is 7.45. The van der Waals surface area contributed by atoms with Crippen LogP contribution in [0.2, 0.25) is 0 Å².